The fourth-order valence-electron chi connectivity index (χ4n) is 3.35. The highest BCUT2D eigenvalue weighted by Crippen LogP contribution is 2.25. The van der Waals surface area contributed by atoms with Crippen molar-refractivity contribution in [3.63, 3.8) is 0 Å². The fraction of sp³-hybridized carbons (Fsp3) is 0.286. The van der Waals surface area contributed by atoms with Gasteiger partial charge in [0.1, 0.15) is 5.75 Å². The number of benzene rings is 2. The highest BCUT2D eigenvalue weighted by Gasteiger charge is 2.11. The first kappa shape index (κ1) is 19.5. The van der Waals surface area contributed by atoms with Gasteiger partial charge in [0.25, 0.3) is 0 Å². The number of fused-ring (bicyclic) bond motifs is 2. The van der Waals surface area contributed by atoms with Crippen LogP contribution in [-0.4, -0.2) is 31.1 Å². The molecule has 3 N–H and O–H groups in total. The Labute approximate surface area is 176 Å². The number of ether oxygens (including phenoxy) is 1. The molecule has 1 aliphatic heterocycles. The van der Waals surface area contributed by atoms with Gasteiger partial charge >= 0.3 is 0 Å². The number of hydrogen-bond donors (Lipinski definition) is 3. The average molecular weight is 476 g/mol. The lowest BCUT2D eigenvalue weighted by atomic mass is 10.1. The Balaban J connectivity index is 0.00000210. The largest absolute Gasteiger partial charge is 0.493 e. The van der Waals surface area contributed by atoms with Crippen LogP contribution in [-0.2, 0) is 19.4 Å². The zero-order valence-electron chi connectivity index (χ0n) is 15.4. The minimum Gasteiger partial charge on any atom is -0.493 e. The number of aromatic nitrogens is 1. The number of hydrogen-bond acceptors (Lipinski definition) is 2. The molecule has 0 bridgehead atoms. The van der Waals surface area contributed by atoms with Crippen LogP contribution in [0.15, 0.2) is 53.5 Å². The molecule has 5 nitrogen and oxygen atoms in total. The highest BCUT2D eigenvalue weighted by molar-refractivity contribution is 14.0. The Bertz CT molecular complexity index is 902. The first-order valence-corrected chi connectivity index (χ1v) is 9.07. The molecule has 0 fully saturated rings. The summed E-state index contributed by atoms with van der Waals surface area (Å²) < 4.78 is 5.56. The molecule has 0 amide bonds. The summed E-state index contributed by atoms with van der Waals surface area (Å²) >= 11 is 0. The van der Waals surface area contributed by atoms with E-state index < -0.39 is 0 Å². The standard InChI is InChI=1S/C21H24N4O.HI/c1-22-21(24-14-18-13-16-4-2-3-5-19(16)25-18)23-10-8-15-6-7-20-17(12-15)9-11-26-20;/h2-7,12-13,25H,8-11,14H2,1H3,(H2,22,23,24);1H. The molecule has 2 heterocycles. The van der Waals surface area contributed by atoms with E-state index in [1.807, 2.05) is 6.07 Å². The lowest BCUT2D eigenvalue weighted by Crippen LogP contribution is -2.37. The van der Waals surface area contributed by atoms with E-state index in [1.165, 1.54) is 16.5 Å². The van der Waals surface area contributed by atoms with Gasteiger partial charge in [-0.25, -0.2) is 0 Å². The van der Waals surface area contributed by atoms with E-state index in [-0.39, 0.29) is 24.0 Å². The highest BCUT2D eigenvalue weighted by atomic mass is 127. The van der Waals surface area contributed by atoms with Gasteiger partial charge in [-0.15, -0.1) is 24.0 Å². The first-order valence-electron chi connectivity index (χ1n) is 9.07. The Hall–Kier alpha value is -2.22. The number of nitrogens with zero attached hydrogens (tertiary/aromatic N) is 1. The van der Waals surface area contributed by atoms with Gasteiger partial charge in [0.15, 0.2) is 5.96 Å². The van der Waals surface area contributed by atoms with Crippen LogP contribution in [0, 0.1) is 0 Å². The Morgan fingerprint density at radius 2 is 2.04 bits per heavy atom. The van der Waals surface area contributed by atoms with E-state index in [2.05, 4.69) is 63.1 Å². The second-order valence-corrected chi connectivity index (χ2v) is 6.52. The maximum absolute atomic E-state index is 5.56. The second-order valence-electron chi connectivity index (χ2n) is 6.52. The van der Waals surface area contributed by atoms with E-state index in [1.54, 1.807) is 7.05 Å². The number of rotatable bonds is 5. The molecular weight excluding hydrogens is 451 g/mol. The average Bonchev–Trinajstić information content (AvgIpc) is 3.30. The molecule has 0 radical (unpaired) electrons. The van der Waals surface area contributed by atoms with Gasteiger partial charge in [-0.2, -0.15) is 0 Å². The van der Waals surface area contributed by atoms with Crippen molar-refractivity contribution in [1.82, 2.24) is 15.6 Å². The Morgan fingerprint density at radius 3 is 2.89 bits per heavy atom. The topological polar surface area (TPSA) is 61.4 Å². The van der Waals surface area contributed by atoms with Crippen molar-refractivity contribution >= 4 is 40.8 Å². The van der Waals surface area contributed by atoms with E-state index in [0.29, 0.717) is 6.54 Å². The third-order valence-electron chi connectivity index (χ3n) is 4.72. The molecule has 0 saturated carbocycles. The lowest BCUT2D eigenvalue weighted by Gasteiger charge is -2.11. The van der Waals surface area contributed by atoms with Gasteiger partial charge in [0.2, 0.25) is 0 Å². The number of aromatic amines is 1. The molecule has 0 unspecified atom stereocenters. The van der Waals surface area contributed by atoms with Crippen LogP contribution in [0.1, 0.15) is 16.8 Å². The van der Waals surface area contributed by atoms with E-state index >= 15 is 0 Å². The van der Waals surface area contributed by atoms with Crippen LogP contribution in [0.2, 0.25) is 0 Å². The summed E-state index contributed by atoms with van der Waals surface area (Å²) in [4.78, 5) is 7.73. The van der Waals surface area contributed by atoms with Crippen LogP contribution in [0.25, 0.3) is 10.9 Å². The van der Waals surface area contributed by atoms with Crippen molar-refractivity contribution in [2.75, 3.05) is 20.2 Å². The second kappa shape index (κ2) is 9.12. The molecule has 142 valence electrons. The van der Waals surface area contributed by atoms with E-state index in [4.69, 9.17) is 4.74 Å². The number of para-hydroxylation sites is 1. The molecule has 1 aliphatic rings. The van der Waals surface area contributed by atoms with Crippen LogP contribution < -0.4 is 15.4 Å². The maximum Gasteiger partial charge on any atom is 0.191 e. The van der Waals surface area contributed by atoms with Crippen LogP contribution in [0.3, 0.4) is 0 Å². The van der Waals surface area contributed by atoms with Crippen molar-refractivity contribution in [3.05, 3.63) is 65.4 Å². The summed E-state index contributed by atoms with van der Waals surface area (Å²) in [5.74, 6) is 1.85. The van der Waals surface area contributed by atoms with E-state index in [9.17, 15) is 0 Å². The molecule has 1 aromatic heterocycles. The predicted octanol–water partition coefficient (Wildman–Crippen LogP) is 3.63. The van der Waals surface area contributed by atoms with Crippen molar-refractivity contribution in [2.45, 2.75) is 19.4 Å². The van der Waals surface area contributed by atoms with Crippen LogP contribution >= 0.6 is 24.0 Å². The summed E-state index contributed by atoms with van der Waals surface area (Å²) in [5, 5.41) is 7.98. The van der Waals surface area contributed by atoms with Gasteiger partial charge in [-0.3, -0.25) is 4.99 Å². The van der Waals surface area contributed by atoms with Gasteiger partial charge in [0.05, 0.1) is 13.2 Å². The third kappa shape index (κ3) is 4.74. The first-order chi connectivity index (χ1) is 12.8. The maximum atomic E-state index is 5.56. The number of nitrogens with one attached hydrogen (secondary N) is 3. The van der Waals surface area contributed by atoms with E-state index in [0.717, 1.165) is 48.9 Å². The van der Waals surface area contributed by atoms with Crippen molar-refractivity contribution < 1.29 is 4.74 Å². The number of H-pyrrole nitrogens is 1. The van der Waals surface area contributed by atoms with Crippen molar-refractivity contribution in [1.29, 1.82) is 0 Å². The molecule has 2 aromatic carbocycles. The molecule has 3 aromatic rings. The zero-order chi connectivity index (χ0) is 17.8. The number of guanidine groups is 1. The van der Waals surface area contributed by atoms with Crippen molar-refractivity contribution in [2.24, 2.45) is 4.99 Å². The minimum absolute atomic E-state index is 0. The molecule has 6 heteroatoms. The number of halogens is 1. The quantitative estimate of drug-likeness (QED) is 0.300. The Kier molecular flexibility index (Phi) is 6.60. The molecule has 0 saturated heterocycles. The lowest BCUT2D eigenvalue weighted by molar-refractivity contribution is 0.357. The molecule has 0 spiro atoms. The summed E-state index contributed by atoms with van der Waals surface area (Å²) in [6, 6.07) is 17.0. The summed E-state index contributed by atoms with van der Waals surface area (Å²) in [6.07, 6.45) is 1.98. The van der Waals surface area contributed by atoms with Gasteiger partial charge in [0, 0.05) is 31.2 Å². The van der Waals surface area contributed by atoms with Crippen LogP contribution in [0.5, 0.6) is 5.75 Å². The van der Waals surface area contributed by atoms with Crippen LogP contribution in [0.4, 0.5) is 0 Å². The molecule has 0 aliphatic carbocycles. The SMILES string of the molecule is CN=C(NCCc1ccc2c(c1)CCO2)NCc1cc2ccccc2[nH]1.I. The van der Waals surface area contributed by atoms with Gasteiger partial charge in [-0.05, 0) is 41.1 Å². The smallest absolute Gasteiger partial charge is 0.191 e. The molecule has 0 atom stereocenters. The zero-order valence-corrected chi connectivity index (χ0v) is 17.7. The summed E-state index contributed by atoms with van der Waals surface area (Å²) in [7, 11) is 1.80. The molecule has 4 rings (SSSR count). The summed E-state index contributed by atoms with van der Waals surface area (Å²) in [5.41, 5.74) is 4.96. The normalized spacial score (nSPS) is 13.0. The predicted molar refractivity (Wildman–Crippen MR) is 121 cm³/mol. The summed E-state index contributed by atoms with van der Waals surface area (Å²) in [6.45, 7) is 2.36. The molecule has 27 heavy (non-hydrogen) atoms. The van der Waals surface area contributed by atoms with Gasteiger partial charge < -0.3 is 20.4 Å². The monoisotopic (exact) mass is 476 g/mol. The Morgan fingerprint density at radius 1 is 1.15 bits per heavy atom. The third-order valence-corrected chi connectivity index (χ3v) is 4.72. The molecular formula is C21H25IN4O. The fourth-order valence-corrected chi connectivity index (χ4v) is 3.35. The van der Waals surface area contributed by atoms with Crippen molar-refractivity contribution in [3.8, 4) is 5.75 Å². The minimum atomic E-state index is 0. The number of aliphatic imine (C=N–C) groups is 1. The van der Waals surface area contributed by atoms with Gasteiger partial charge in [-0.1, -0.05) is 30.3 Å².